The van der Waals surface area contributed by atoms with Gasteiger partial charge in [-0.3, -0.25) is 0 Å². The second-order valence-corrected chi connectivity index (χ2v) is 6.81. The Morgan fingerprint density at radius 3 is 1.17 bits per heavy atom. The summed E-state index contributed by atoms with van der Waals surface area (Å²) in [5, 5.41) is 9.36. The van der Waals surface area contributed by atoms with Gasteiger partial charge in [0.1, 0.15) is 39.5 Å². The minimum Gasteiger partial charge on any atom is -0.477 e. The lowest BCUT2D eigenvalue weighted by Gasteiger charge is -2.36. The molecule has 0 saturated carbocycles. The molecule has 0 radical (unpaired) electrons. The van der Waals surface area contributed by atoms with Gasteiger partial charge in [-0.15, -0.1) is 0 Å². The number of aliphatic carboxylic acids is 1. The number of carbonyl (C=O) groups is 4. The molecule has 0 bridgehead atoms. The Hall–Kier alpha value is -2.94. The van der Waals surface area contributed by atoms with E-state index < -0.39 is 23.9 Å². The van der Waals surface area contributed by atoms with Gasteiger partial charge >= 0.3 is 23.9 Å². The summed E-state index contributed by atoms with van der Waals surface area (Å²) in [5.74, 6) is -2.89. The zero-order valence-electron chi connectivity index (χ0n) is 17.3. The molecule has 1 N–H and O–H groups in total. The molecule has 9 heteroatoms. The molecule has 0 amide bonds. The zero-order valence-corrected chi connectivity index (χ0v) is 17.3. The highest BCUT2D eigenvalue weighted by Crippen LogP contribution is 2.10. The first-order valence-electron chi connectivity index (χ1n) is 8.95. The summed E-state index contributed by atoms with van der Waals surface area (Å²) in [7, 11) is 0. The van der Waals surface area contributed by atoms with Crippen molar-refractivity contribution in [2.24, 2.45) is 0 Å². The van der Waals surface area contributed by atoms with Crippen LogP contribution >= 0.6 is 0 Å². The average Bonchev–Trinajstić information content (AvgIpc) is 2.60. The fourth-order valence-electron chi connectivity index (χ4n) is 2.23. The third-order valence-corrected chi connectivity index (χ3v) is 3.91. The van der Waals surface area contributed by atoms with Crippen molar-refractivity contribution in [3.8, 4) is 0 Å². The summed E-state index contributed by atoms with van der Waals surface area (Å²) < 4.78 is 15.1. The van der Waals surface area contributed by atoms with E-state index in [4.69, 9.17) is 14.2 Å². The maximum atomic E-state index is 11.6. The van der Waals surface area contributed by atoms with E-state index in [2.05, 4.69) is 19.7 Å². The normalized spacial score (nSPS) is 10.6. The van der Waals surface area contributed by atoms with Crippen LogP contribution in [0.2, 0.25) is 0 Å². The van der Waals surface area contributed by atoms with Crippen molar-refractivity contribution >= 4 is 23.9 Å². The van der Waals surface area contributed by atoms with Gasteiger partial charge in [0.2, 0.25) is 0 Å². The smallest absolute Gasteiger partial charge is 0.359 e. The molecule has 0 aliphatic carbocycles. The predicted octanol–water partition coefficient (Wildman–Crippen LogP) is 1.25. The van der Waals surface area contributed by atoms with E-state index in [1.165, 1.54) is 20.8 Å². The van der Waals surface area contributed by atoms with Crippen molar-refractivity contribution in [2.75, 3.05) is 46.0 Å². The monoisotopic (exact) mass is 412 g/mol. The first kappa shape index (κ1) is 26.1. The van der Waals surface area contributed by atoms with Gasteiger partial charge < -0.3 is 23.8 Å². The molecule has 0 aliphatic rings. The van der Waals surface area contributed by atoms with E-state index in [-0.39, 0.29) is 67.2 Å². The van der Waals surface area contributed by atoms with Gasteiger partial charge in [0.05, 0.1) is 0 Å². The number of nitrogens with zero attached hydrogens (tertiary/aromatic N) is 1. The van der Waals surface area contributed by atoms with Gasteiger partial charge in [-0.2, -0.15) is 0 Å². The number of hydrogen-bond donors (Lipinski definition) is 1. The maximum Gasteiger partial charge on any atom is 0.359 e. The van der Waals surface area contributed by atoms with Gasteiger partial charge in [0.25, 0.3) is 0 Å². The highest BCUT2D eigenvalue weighted by Gasteiger charge is 2.32. The molecule has 0 rings (SSSR count). The van der Waals surface area contributed by atoms with E-state index >= 15 is 0 Å². The molecule has 0 aromatic carbocycles. The molecule has 0 aromatic heterocycles. The summed E-state index contributed by atoms with van der Waals surface area (Å²) in [4.78, 5) is 46.3. The molecular formula is C20H30NO8+. The fourth-order valence-corrected chi connectivity index (χ4v) is 2.23. The van der Waals surface area contributed by atoms with Crippen LogP contribution in [0.5, 0.6) is 0 Å². The van der Waals surface area contributed by atoms with Crippen molar-refractivity contribution in [2.45, 2.75) is 20.8 Å². The van der Waals surface area contributed by atoms with Crippen molar-refractivity contribution in [1.82, 2.24) is 0 Å². The largest absolute Gasteiger partial charge is 0.477 e. The van der Waals surface area contributed by atoms with Gasteiger partial charge in [-0.05, 0) is 20.8 Å². The predicted molar refractivity (Wildman–Crippen MR) is 105 cm³/mol. The maximum absolute atomic E-state index is 11.6. The molecule has 0 heterocycles. The van der Waals surface area contributed by atoms with Crippen LogP contribution < -0.4 is 0 Å². The Labute approximate surface area is 170 Å². The van der Waals surface area contributed by atoms with E-state index in [0.717, 1.165) is 0 Å². The number of rotatable bonds is 14. The number of hydrogen-bond acceptors (Lipinski definition) is 7. The second kappa shape index (κ2) is 12.5. The minimum absolute atomic E-state index is 0.0815. The van der Waals surface area contributed by atoms with Crippen LogP contribution in [0, 0.1) is 0 Å². The van der Waals surface area contributed by atoms with Crippen LogP contribution in [-0.4, -0.2) is 79.5 Å². The fraction of sp³-hybridized carbons (Fsp3) is 0.500. The summed E-state index contributed by atoms with van der Waals surface area (Å²) >= 11 is 0. The SMILES string of the molecule is C=C(C)C(=O)OCC[N+](CCOC(=O)C(=C)C)(CCOC(=O)C(=C)C)CC(=O)O. The van der Waals surface area contributed by atoms with Gasteiger partial charge in [-0.1, -0.05) is 19.7 Å². The van der Waals surface area contributed by atoms with E-state index in [1.54, 1.807) is 0 Å². The van der Waals surface area contributed by atoms with Gasteiger partial charge in [0, 0.05) is 16.7 Å². The molecule has 0 aromatic rings. The first-order chi connectivity index (χ1) is 13.4. The average molecular weight is 412 g/mol. The second-order valence-electron chi connectivity index (χ2n) is 6.81. The van der Waals surface area contributed by atoms with Crippen LogP contribution in [-0.2, 0) is 33.4 Å². The van der Waals surface area contributed by atoms with Crippen LogP contribution in [0.25, 0.3) is 0 Å². The third kappa shape index (κ3) is 10.8. The summed E-state index contributed by atoms with van der Waals surface area (Å²) in [5.41, 5.74) is 0.645. The lowest BCUT2D eigenvalue weighted by molar-refractivity contribution is -0.921. The Bertz CT molecular complexity index is 601. The standard InChI is InChI=1S/C20H29NO8/c1-14(2)18(24)27-10-7-21(13-17(22)23,8-11-28-19(25)15(3)4)9-12-29-20(26)16(5)6/h1,3,5,7-13H2,2,4,6H3/p+1. The number of ether oxygens (including phenoxy) is 3. The first-order valence-corrected chi connectivity index (χ1v) is 8.95. The van der Waals surface area contributed by atoms with Crippen LogP contribution in [0.4, 0.5) is 0 Å². The van der Waals surface area contributed by atoms with Crippen LogP contribution in [0.15, 0.2) is 36.5 Å². The highest BCUT2D eigenvalue weighted by molar-refractivity contribution is 5.87. The molecule has 162 valence electrons. The number of quaternary nitrogens is 1. The molecule has 0 unspecified atom stereocenters. The molecular weight excluding hydrogens is 382 g/mol. The Kier molecular flexibility index (Phi) is 11.2. The Morgan fingerprint density at radius 2 is 0.966 bits per heavy atom. The van der Waals surface area contributed by atoms with Gasteiger partial charge in [-0.25, -0.2) is 19.2 Å². The molecule has 9 nitrogen and oxygen atoms in total. The van der Waals surface area contributed by atoms with Crippen molar-refractivity contribution in [3.05, 3.63) is 36.5 Å². The van der Waals surface area contributed by atoms with E-state index in [1.807, 2.05) is 0 Å². The molecule has 0 atom stereocenters. The third-order valence-electron chi connectivity index (χ3n) is 3.91. The quantitative estimate of drug-likeness (QED) is 0.196. The molecule has 0 spiro atoms. The Balaban J connectivity index is 5.25. The molecule has 0 saturated heterocycles. The number of carboxylic acid groups (broad SMARTS) is 1. The summed E-state index contributed by atoms with van der Waals surface area (Å²) in [6, 6.07) is 0. The van der Waals surface area contributed by atoms with Gasteiger partial charge in [0.15, 0.2) is 6.54 Å². The number of carboxylic acids is 1. The van der Waals surface area contributed by atoms with Crippen LogP contribution in [0.1, 0.15) is 20.8 Å². The lowest BCUT2D eigenvalue weighted by atomic mass is 10.3. The van der Waals surface area contributed by atoms with E-state index in [0.29, 0.717) is 0 Å². The molecule has 0 aliphatic heterocycles. The van der Waals surface area contributed by atoms with Crippen molar-refractivity contribution in [1.29, 1.82) is 0 Å². The van der Waals surface area contributed by atoms with Crippen molar-refractivity contribution < 1.29 is 43.0 Å². The summed E-state index contributed by atoms with van der Waals surface area (Å²) in [6.45, 7) is 14.7. The zero-order chi connectivity index (χ0) is 22.6. The molecule has 0 fully saturated rings. The van der Waals surface area contributed by atoms with Crippen LogP contribution in [0.3, 0.4) is 0 Å². The number of carbonyl (C=O) groups excluding carboxylic acids is 3. The Morgan fingerprint density at radius 1 is 0.690 bits per heavy atom. The minimum atomic E-state index is -1.10. The highest BCUT2D eigenvalue weighted by atomic mass is 16.5. The summed E-state index contributed by atoms with van der Waals surface area (Å²) in [6.07, 6.45) is 0. The topological polar surface area (TPSA) is 116 Å². The number of esters is 3. The lowest BCUT2D eigenvalue weighted by Crippen LogP contribution is -2.56. The van der Waals surface area contributed by atoms with Crippen molar-refractivity contribution in [3.63, 3.8) is 0 Å². The molecule has 29 heavy (non-hydrogen) atoms. The van der Waals surface area contributed by atoms with E-state index in [9.17, 15) is 24.3 Å².